The minimum atomic E-state index is 0.263. The molecule has 0 amide bonds. The molecular formula is C11H14N2O. The maximum absolute atomic E-state index is 5.39. The van der Waals surface area contributed by atoms with Crippen molar-refractivity contribution < 1.29 is 4.74 Å². The van der Waals surface area contributed by atoms with Gasteiger partial charge in [0.1, 0.15) is 0 Å². The highest BCUT2D eigenvalue weighted by Gasteiger charge is 2.49. The molecule has 2 fully saturated rings. The summed E-state index contributed by atoms with van der Waals surface area (Å²) in [5.41, 5.74) is 1.61. The molecule has 3 heterocycles. The van der Waals surface area contributed by atoms with Crippen LogP contribution in [0, 0.1) is 5.92 Å². The van der Waals surface area contributed by atoms with Gasteiger partial charge in [-0.2, -0.15) is 0 Å². The standard InChI is InChI=1S/C11H14N2O/c1-2-9(4-12-3-1)11(7-14-8-11)10-5-13-6-10/h1-4,10,13H,5-8H2. The van der Waals surface area contributed by atoms with E-state index in [1.165, 1.54) is 5.56 Å². The Morgan fingerprint density at radius 3 is 2.71 bits per heavy atom. The molecule has 0 atom stereocenters. The average Bonchev–Trinajstić information content (AvgIpc) is 2.09. The van der Waals surface area contributed by atoms with Crippen LogP contribution < -0.4 is 5.32 Å². The van der Waals surface area contributed by atoms with Gasteiger partial charge in [-0.15, -0.1) is 0 Å². The Hall–Kier alpha value is -0.930. The van der Waals surface area contributed by atoms with Crippen molar-refractivity contribution in [2.45, 2.75) is 5.41 Å². The Labute approximate surface area is 83.5 Å². The molecule has 3 rings (SSSR count). The predicted molar refractivity (Wildman–Crippen MR) is 53.1 cm³/mol. The van der Waals surface area contributed by atoms with Crippen molar-refractivity contribution in [1.29, 1.82) is 0 Å². The highest BCUT2D eigenvalue weighted by Crippen LogP contribution is 2.40. The van der Waals surface area contributed by atoms with Crippen LogP contribution >= 0.6 is 0 Å². The Morgan fingerprint density at radius 2 is 2.29 bits per heavy atom. The summed E-state index contributed by atoms with van der Waals surface area (Å²) < 4.78 is 5.39. The van der Waals surface area contributed by atoms with Gasteiger partial charge in [0.15, 0.2) is 0 Å². The molecule has 2 aliphatic heterocycles. The van der Waals surface area contributed by atoms with E-state index in [0.29, 0.717) is 0 Å². The first kappa shape index (κ1) is 8.38. The van der Waals surface area contributed by atoms with E-state index in [1.807, 2.05) is 18.5 Å². The fraction of sp³-hybridized carbons (Fsp3) is 0.545. The zero-order valence-electron chi connectivity index (χ0n) is 8.07. The monoisotopic (exact) mass is 190 g/mol. The van der Waals surface area contributed by atoms with Gasteiger partial charge in [0.2, 0.25) is 0 Å². The summed E-state index contributed by atoms with van der Waals surface area (Å²) in [4.78, 5) is 4.20. The lowest BCUT2D eigenvalue weighted by molar-refractivity contribution is -0.101. The molecule has 0 aliphatic carbocycles. The van der Waals surface area contributed by atoms with E-state index in [1.54, 1.807) is 0 Å². The van der Waals surface area contributed by atoms with Crippen LogP contribution in [0.2, 0.25) is 0 Å². The first-order valence-corrected chi connectivity index (χ1v) is 5.11. The first-order chi connectivity index (χ1) is 6.92. The van der Waals surface area contributed by atoms with Crippen LogP contribution in [0.4, 0.5) is 0 Å². The fourth-order valence-corrected chi connectivity index (χ4v) is 2.30. The van der Waals surface area contributed by atoms with Crippen molar-refractivity contribution in [3.8, 4) is 0 Å². The lowest BCUT2D eigenvalue weighted by atomic mass is 9.66. The van der Waals surface area contributed by atoms with Crippen LogP contribution in [0.15, 0.2) is 24.5 Å². The topological polar surface area (TPSA) is 34.2 Å². The van der Waals surface area contributed by atoms with Crippen molar-refractivity contribution in [3.05, 3.63) is 30.1 Å². The van der Waals surface area contributed by atoms with Gasteiger partial charge in [-0.3, -0.25) is 4.98 Å². The largest absolute Gasteiger partial charge is 0.379 e. The molecule has 1 N–H and O–H groups in total. The number of nitrogens with zero attached hydrogens (tertiary/aromatic N) is 1. The Morgan fingerprint density at radius 1 is 1.43 bits per heavy atom. The summed E-state index contributed by atoms with van der Waals surface area (Å²) in [6, 6.07) is 4.19. The zero-order valence-corrected chi connectivity index (χ0v) is 8.07. The molecule has 0 saturated carbocycles. The van der Waals surface area contributed by atoms with E-state index >= 15 is 0 Å². The van der Waals surface area contributed by atoms with Crippen molar-refractivity contribution in [3.63, 3.8) is 0 Å². The third kappa shape index (κ3) is 1.03. The Bertz CT molecular complexity index is 317. The van der Waals surface area contributed by atoms with Crippen molar-refractivity contribution in [2.75, 3.05) is 26.3 Å². The molecule has 3 heteroatoms. The van der Waals surface area contributed by atoms with E-state index in [2.05, 4.69) is 16.4 Å². The summed E-state index contributed by atoms with van der Waals surface area (Å²) in [7, 11) is 0. The molecule has 14 heavy (non-hydrogen) atoms. The molecule has 3 nitrogen and oxygen atoms in total. The van der Waals surface area contributed by atoms with Crippen LogP contribution in [0.1, 0.15) is 5.56 Å². The number of hydrogen-bond donors (Lipinski definition) is 1. The summed E-state index contributed by atoms with van der Waals surface area (Å²) in [6.07, 6.45) is 3.82. The summed E-state index contributed by atoms with van der Waals surface area (Å²) >= 11 is 0. The molecule has 0 unspecified atom stereocenters. The summed E-state index contributed by atoms with van der Waals surface area (Å²) in [5, 5.41) is 3.33. The molecule has 0 spiro atoms. The van der Waals surface area contributed by atoms with Gasteiger partial charge >= 0.3 is 0 Å². The van der Waals surface area contributed by atoms with Gasteiger partial charge in [-0.25, -0.2) is 0 Å². The lowest BCUT2D eigenvalue weighted by Crippen LogP contribution is -2.62. The van der Waals surface area contributed by atoms with E-state index in [-0.39, 0.29) is 5.41 Å². The van der Waals surface area contributed by atoms with E-state index in [9.17, 15) is 0 Å². The number of hydrogen-bond acceptors (Lipinski definition) is 3. The zero-order chi connectivity index (χ0) is 9.43. The summed E-state index contributed by atoms with van der Waals surface area (Å²) in [5.74, 6) is 0.737. The van der Waals surface area contributed by atoms with Gasteiger partial charge in [0.25, 0.3) is 0 Å². The second-order valence-electron chi connectivity index (χ2n) is 4.25. The SMILES string of the molecule is c1cncc(C2(C3CNC3)COC2)c1. The Kier molecular flexibility index (Phi) is 1.82. The van der Waals surface area contributed by atoms with Crippen LogP contribution in [-0.2, 0) is 10.2 Å². The molecule has 2 aliphatic rings. The third-order valence-corrected chi connectivity index (χ3v) is 3.52. The average molecular weight is 190 g/mol. The smallest absolute Gasteiger partial charge is 0.0589 e. The molecule has 74 valence electrons. The summed E-state index contributed by atoms with van der Waals surface area (Å²) in [6.45, 7) is 3.98. The molecule has 0 aromatic carbocycles. The lowest BCUT2D eigenvalue weighted by Gasteiger charge is -2.51. The van der Waals surface area contributed by atoms with Gasteiger partial charge in [0, 0.05) is 30.9 Å². The molecule has 1 aromatic rings. The second kappa shape index (κ2) is 3.04. The first-order valence-electron chi connectivity index (χ1n) is 5.11. The maximum Gasteiger partial charge on any atom is 0.0589 e. The normalized spacial score (nSPS) is 25.1. The van der Waals surface area contributed by atoms with Crippen LogP contribution in [0.5, 0.6) is 0 Å². The number of rotatable bonds is 2. The van der Waals surface area contributed by atoms with Crippen molar-refractivity contribution in [1.82, 2.24) is 10.3 Å². The number of ether oxygens (including phenoxy) is 1. The number of aromatic nitrogens is 1. The van der Waals surface area contributed by atoms with Crippen LogP contribution in [-0.4, -0.2) is 31.3 Å². The van der Waals surface area contributed by atoms with E-state index < -0.39 is 0 Å². The van der Waals surface area contributed by atoms with Crippen LogP contribution in [0.3, 0.4) is 0 Å². The quantitative estimate of drug-likeness (QED) is 0.740. The van der Waals surface area contributed by atoms with E-state index in [0.717, 1.165) is 32.2 Å². The molecular weight excluding hydrogens is 176 g/mol. The predicted octanol–water partition coefficient (Wildman–Crippen LogP) is 0.569. The fourth-order valence-electron chi connectivity index (χ4n) is 2.30. The Balaban J connectivity index is 1.93. The van der Waals surface area contributed by atoms with Crippen LogP contribution in [0.25, 0.3) is 0 Å². The molecule has 0 bridgehead atoms. The highest BCUT2D eigenvalue weighted by atomic mass is 16.5. The third-order valence-electron chi connectivity index (χ3n) is 3.52. The molecule has 2 saturated heterocycles. The van der Waals surface area contributed by atoms with Gasteiger partial charge in [-0.1, -0.05) is 6.07 Å². The van der Waals surface area contributed by atoms with Gasteiger partial charge in [-0.05, 0) is 17.5 Å². The molecule has 0 radical (unpaired) electrons. The maximum atomic E-state index is 5.39. The minimum absolute atomic E-state index is 0.263. The second-order valence-corrected chi connectivity index (χ2v) is 4.25. The van der Waals surface area contributed by atoms with E-state index in [4.69, 9.17) is 4.74 Å². The van der Waals surface area contributed by atoms with Gasteiger partial charge in [0.05, 0.1) is 13.2 Å². The number of pyridine rings is 1. The number of nitrogens with one attached hydrogen (secondary N) is 1. The van der Waals surface area contributed by atoms with Crippen molar-refractivity contribution in [2.24, 2.45) is 5.92 Å². The van der Waals surface area contributed by atoms with Gasteiger partial charge < -0.3 is 10.1 Å². The van der Waals surface area contributed by atoms with Crippen molar-refractivity contribution >= 4 is 0 Å². The minimum Gasteiger partial charge on any atom is -0.379 e. The molecule has 1 aromatic heterocycles. The highest BCUT2D eigenvalue weighted by molar-refractivity contribution is 5.27.